The van der Waals surface area contributed by atoms with E-state index in [0.717, 1.165) is 38.5 Å². The molecule has 8 atom stereocenters. The maximum absolute atomic E-state index is 10.4. The molecule has 0 aromatic carbocycles. The fourth-order valence-corrected chi connectivity index (χ4v) is 5.09. The van der Waals surface area contributed by atoms with E-state index in [-0.39, 0.29) is 6.61 Å². The molecule has 1 rings (SSSR count). The number of azide groups is 1. The van der Waals surface area contributed by atoms with Crippen LogP contribution in [0.15, 0.2) is 17.3 Å². The summed E-state index contributed by atoms with van der Waals surface area (Å²) in [6.45, 7) is 6.65. The molecule has 11 nitrogen and oxygen atoms in total. The highest BCUT2D eigenvalue weighted by Gasteiger charge is 2.44. The molecule has 1 aliphatic rings. The van der Waals surface area contributed by atoms with Crippen LogP contribution in [0, 0.1) is 0 Å². The van der Waals surface area contributed by atoms with Crippen molar-refractivity contribution in [2.45, 2.75) is 166 Å². The highest BCUT2D eigenvalue weighted by atomic mass is 16.7. The summed E-state index contributed by atoms with van der Waals surface area (Å²) in [5.74, 6) is 0. The van der Waals surface area contributed by atoms with Gasteiger partial charge in [-0.05, 0) is 37.6 Å². The smallest absolute Gasteiger partial charge is 0.186 e. The Bertz CT molecular complexity index is 737. The maximum atomic E-state index is 10.4. The van der Waals surface area contributed by atoms with Gasteiger partial charge in [-0.2, -0.15) is 0 Å². The molecule has 3 unspecified atom stereocenters. The van der Waals surface area contributed by atoms with Crippen LogP contribution in [0.1, 0.15) is 117 Å². The van der Waals surface area contributed by atoms with Gasteiger partial charge in [0.05, 0.1) is 31.5 Å². The highest BCUT2D eigenvalue weighted by molar-refractivity contribution is 4.93. The van der Waals surface area contributed by atoms with Gasteiger partial charge in [-0.15, -0.1) is 0 Å². The van der Waals surface area contributed by atoms with Crippen molar-refractivity contribution in [3.05, 3.63) is 22.6 Å². The van der Waals surface area contributed by atoms with Crippen LogP contribution in [0.3, 0.4) is 0 Å². The van der Waals surface area contributed by atoms with E-state index in [1.165, 1.54) is 51.4 Å². The Labute approximate surface area is 259 Å². The van der Waals surface area contributed by atoms with Gasteiger partial charge in [-0.1, -0.05) is 102 Å². The van der Waals surface area contributed by atoms with Crippen molar-refractivity contribution >= 4 is 0 Å². The van der Waals surface area contributed by atoms with Crippen LogP contribution in [-0.4, -0.2) is 95.8 Å². The zero-order valence-corrected chi connectivity index (χ0v) is 27.0. The topological polar surface area (TPSA) is 167 Å². The van der Waals surface area contributed by atoms with Gasteiger partial charge in [0.1, 0.15) is 24.4 Å². The van der Waals surface area contributed by atoms with E-state index in [2.05, 4.69) is 42.9 Å². The quantitative estimate of drug-likeness (QED) is 0.0299. The highest BCUT2D eigenvalue weighted by Crippen LogP contribution is 2.24. The Morgan fingerprint density at radius 3 is 2.00 bits per heavy atom. The number of allylic oxidation sites excluding steroid dienone is 1. The van der Waals surface area contributed by atoms with Gasteiger partial charge in [0, 0.05) is 18.1 Å². The fourth-order valence-electron chi connectivity index (χ4n) is 5.09. The molecule has 0 amide bonds. The number of aliphatic hydroxyl groups excluding tert-OH is 4. The fraction of sp³-hybridized carbons (Fsp3) is 0.938. The van der Waals surface area contributed by atoms with Crippen molar-refractivity contribution < 1.29 is 39.4 Å². The Kier molecular flexibility index (Phi) is 24.0. The second-order valence-electron chi connectivity index (χ2n) is 11.6. The number of aliphatic hydroxyl groups is 4. The molecule has 0 radical (unpaired) electrons. The van der Waals surface area contributed by atoms with Gasteiger partial charge < -0.3 is 39.4 Å². The van der Waals surface area contributed by atoms with E-state index >= 15 is 0 Å². The van der Waals surface area contributed by atoms with E-state index in [4.69, 9.17) is 18.9 Å². The van der Waals surface area contributed by atoms with Crippen LogP contribution in [-0.2, 0) is 18.9 Å². The maximum Gasteiger partial charge on any atom is 0.186 e. The number of hydrogen-bond donors (Lipinski definition) is 4. The SMILES string of the molecule is CCCCCCCCCCCC=CC[C@@H](OCCCC)[C@@H](OCCCC)[C@H](CO[C@H]1OC(CO)[C@H](O)C(O)C1O)N=[N+]=[N-]. The minimum absolute atomic E-state index is 0.181. The molecular formula is C32H61N3O8. The van der Waals surface area contributed by atoms with Crippen molar-refractivity contribution in [1.29, 1.82) is 0 Å². The number of nitrogens with zero attached hydrogens (tertiary/aromatic N) is 3. The summed E-state index contributed by atoms with van der Waals surface area (Å²) < 4.78 is 23.8. The van der Waals surface area contributed by atoms with Crippen molar-refractivity contribution in [2.24, 2.45) is 5.11 Å². The van der Waals surface area contributed by atoms with E-state index in [1.807, 2.05) is 0 Å². The predicted molar refractivity (Wildman–Crippen MR) is 168 cm³/mol. The average Bonchev–Trinajstić information content (AvgIpc) is 3.01. The summed E-state index contributed by atoms with van der Waals surface area (Å²) in [5.41, 5.74) is 9.39. The van der Waals surface area contributed by atoms with E-state index in [0.29, 0.717) is 19.6 Å². The van der Waals surface area contributed by atoms with Crippen molar-refractivity contribution in [1.82, 2.24) is 0 Å². The zero-order chi connectivity index (χ0) is 31.7. The summed E-state index contributed by atoms with van der Waals surface area (Å²) in [7, 11) is 0. The van der Waals surface area contributed by atoms with Gasteiger partial charge >= 0.3 is 0 Å². The minimum atomic E-state index is -1.56. The minimum Gasteiger partial charge on any atom is -0.394 e. The summed E-state index contributed by atoms with van der Waals surface area (Å²) in [6, 6.07) is -0.813. The molecule has 0 bridgehead atoms. The predicted octanol–water partition coefficient (Wildman–Crippen LogP) is 5.72. The molecule has 0 aliphatic carbocycles. The monoisotopic (exact) mass is 615 g/mol. The van der Waals surface area contributed by atoms with Crippen molar-refractivity contribution in [2.75, 3.05) is 26.4 Å². The summed E-state index contributed by atoms with van der Waals surface area (Å²) in [6.07, 6.45) is 13.1. The van der Waals surface area contributed by atoms with E-state index in [9.17, 15) is 26.0 Å². The first kappa shape index (κ1) is 39.8. The molecule has 0 spiro atoms. The second-order valence-corrected chi connectivity index (χ2v) is 11.6. The molecule has 1 aliphatic heterocycles. The third-order valence-electron chi connectivity index (χ3n) is 7.87. The van der Waals surface area contributed by atoms with E-state index < -0.39 is 55.6 Å². The first-order chi connectivity index (χ1) is 20.9. The Hall–Kier alpha value is -1.27. The van der Waals surface area contributed by atoms with Crippen LogP contribution in [0.2, 0.25) is 0 Å². The van der Waals surface area contributed by atoms with Gasteiger partial charge in [0.2, 0.25) is 0 Å². The van der Waals surface area contributed by atoms with Crippen LogP contribution in [0.5, 0.6) is 0 Å². The zero-order valence-electron chi connectivity index (χ0n) is 27.0. The molecule has 1 saturated heterocycles. The molecule has 0 aromatic heterocycles. The lowest BCUT2D eigenvalue weighted by atomic mass is 9.99. The van der Waals surface area contributed by atoms with Gasteiger partial charge in [0.15, 0.2) is 6.29 Å². The number of unbranched alkanes of at least 4 members (excludes halogenated alkanes) is 11. The Balaban J connectivity index is 2.84. The molecule has 11 heteroatoms. The van der Waals surface area contributed by atoms with Crippen molar-refractivity contribution in [3.63, 3.8) is 0 Å². The summed E-state index contributed by atoms with van der Waals surface area (Å²) in [4.78, 5) is 3.03. The molecule has 4 N–H and O–H groups in total. The summed E-state index contributed by atoms with van der Waals surface area (Å²) >= 11 is 0. The van der Waals surface area contributed by atoms with Gasteiger partial charge in [-0.3, -0.25) is 0 Å². The second kappa shape index (κ2) is 26.0. The Morgan fingerprint density at radius 2 is 1.40 bits per heavy atom. The standard InChI is InChI=1S/C32H61N3O8/c1-4-7-10-11-12-13-14-15-16-17-18-19-20-26(40-21-8-5-2)31(41-22-9-6-3)25(34-35-33)24-42-32-30(39)29(38)28(37)27(23-36)43-32/h18-19,25-32,36-39H,4-17,20-24H2,1-3H3/t25-,26+,27?,28-,29?,30?,31-,32-/m0/s1. The van der Waals surface area contributed by atoms with E-state index in [1.54, 1.807) is 0 Å². The third-order valence-corrected chi connectivity index (χ3v) is 7.87. The third kappa shape index (κ3) is 16.6. The van der Waals surface area contributed by atoms with Crippen molar-refractivity contribution in [3.8, 4) is 0 Å². The summed E-state index contributed by atoms with van der Waals surface area (Å²) in [5, 5.41) is 44.1. The van der Waals surface area contributed by atoms with Crippen LogP contribution >= 0.6 is 0 Å². The molecule has 43 heavy (non-hydrogen) atoms. The number of hydrogen-bond acceptors (Lipinski definition) is 9. The van der Waals surface area contributed by atoms with Crippen LogP contribution in [0.25, 0.3) is 10.4 Å². The molecular weight excluding hydrogens is 554 g/mol. The van der Waals surface area contributed by atoms with Gasteiger partial charge in [0.25, 0.3) is 0 Å². The van der Waals surface area contributed by atoms with Crippen LogP contribution < -0.4 is 0 Å². The normalized spacial score (nSPS) is 24.6. The lowest BCUT2D eigenvalue weighted by molar-refractivity contribution is -0.303. The Morgan fingerprint density at radius 1 is 0.791 bits per heavy atom. The first-order valence-electron chi connectivity index (χ1n) is 16.8. The lowest BCUT2D eigenvalue weighted by Crippen LogP contribution is -2.59. The van der Waals surface area contributed by atoms with Gasteiger partial charge in [-0.25, -0.2) is 0 Å². The molecule has 1 fully saturated rings. The number of ether oxygens (including phenoxy) is 4. The molecule has 0 saturated carbocycles. The van der Waals surface area contributed by atoms with Crippen LogP contribution in [0.4, 0.5) is 0 Å². The average molecular weight is 616 g/mol. The number of rotatable bonds is 27. The molecule has 252 valence electrons. The molecule has 0 aromatic rings. The lowest BCUT2D eigenvalue weighted by Gasteiger charge is -2.40. The first-order valence-corrected chi connectivity index (χ1v) is 16.8. The molecule has 1 heterocycles. The largest absolute Gasteiger partial charge is 0.394 e.